The van der Waals surface area contributed by atoms with Crippen LogP contribution in [0.4, 0.5) is 0 Å². The van der Waals surface area contributed by atoms with E-state index < -0.39 is 0 Å². The Morgan fingerprint density at radius 2 is 2.07 bits per heavy atom. The molecule has 0 spiro atoms. The van der Waals surface area contributed by atoms with Gasteiger partial charge in [0.1, 0.15) is 0 Å². The van der Waals surface area contributed by atoms with Crippen molar-refractivity contribution in [1.82, 2.24) is 9.80 Å². The third kappa shape index (κ3) is 3.84. The number of amides is 1. The van der Waals surface area contributed by atoms with Gasteiger partial charge >= 0.3 is 0 Å². The number of hydrogen-bond donors (Lipinski definition) is 0. The molecule has 1 heterocycles. The van der Waals surface area contributed by atoms with Crippen molar-refractivity contribution in [2.45, 2.75) is 12.8 Å². The summed E-state index contributed by atoms with van der Waals surface area (Å²) in [6.07, 6.45) is 3.87. The van der Waals surface area contributed by atoms with Gasteiger partial charge in [0, 0.05) is 32.1 Å². The van der Waals surface area contributed by atoms with Crippen molar-refractivity contribution in [2.75, 3.05) is 33.7 Å². The largest absolute Gasteiger partial charge is 0.349 e. The molecule has 1 fully saturated rings. The summed E-state index contributed by atoms with van der Waals surface area (Å²) in [7, 11) is 3.65. The molecule has 15 heavy (non-hydrogen) atoms. The van der Waals surface area contributed by atoms with Crippen molar-refractivity contribution in [1.29, 1.82) is 0 Å². The van der Waals surface area contributed by atoms with Gasteiger partial charge in [0.15, 0.2) is 0 Å². The molecule has 1 amide bonds. The van der Waals surface area contributed by atoms with Crippen LogP contribution in [0.1, 0.15) is 12.8 Å². The van der Waals surface area contributed by atoms with Gasteiger partial charge in [-0.05, 0) is 25.9 Å². The van der Waals surface area contributed by atoms with Crippen LogP contribution in [0.25, 0.3) is 0 Å². The summed E-state index contributed by atoms with van der Waals surface area (Å²) >= 11 is 5.47. The van der Waals surface area contributed by atoms with E-state index in [1.165, 1.54) is 0 Å². The normalized spacial score (nSPS) is 19.7. The van der Waals surface area contributed by atoms with Crippen molar-refractivity contribution in [3.8, 4) is 0 Å². The Kier molecular flexibility index (Phi) is 5.12. The molecule has 0 saturated carbocycles. The van der Waals surface area contributed by atoms with Gasteiger partial charge in [-0.3, -0.25) is 9.69 Å². The van der Waals surface area contributed by atoms with Crippen LogP contribution in [0.3, 0.4) is 0 Å². The van der Waals surface area contributed by atoms with Gasteiger partial charge in [0.25, 0.3) is 0 Å². The van der Waals surface area contributed by atoms with Crippen molar-refractivity contribution in [2.24, 2.45) is 5.92 Å². The standard InChI is InChI=1S/C11H19ClN2O/c1-13(2)11(15)10-4-8-14(9-5-10)7-3-6-12/h3,6,10H,4-5,7-9H2,1-2H3/b6-3+. The van der Waals surface area contributed by atoms with E-state index in [2.05, 4.69) is 4.90 Å². The molecule has 0 unspecified atom stereocenters. The second-order valence-corrected chi connectivity index (χ2v) is 4.42. The number of halogens is 1. The van der Waals surface area contributed by atoms with Gasteiger partial charge in [0.2, 0.25) is 5.91 Å². The van der Waals surface area contributed by atoms with Gasteiger partial charge in [-0.1, -0.05) is 17.7 Å². The Balaban J connectivity index is 2.32. The maximum Gasteiger partial charge on any atom is 0.225 e. The van der Waals surface area contributed by atoms with Gasteiger partial charge < -0.3 is 4.90 Å². The van der Waals surface area contributed by atoms with Crippen LogP contribution in [0.2, 0.25) is 0 Å². The average molecular weight is 231 g/mol. The van der Waals surface area contributed by atoms with Crippen LogP contribution < -0.4 is 0 Å². The number of nitrogens with zero attached hydrogens (tertiary/aromatic N) is 2. The summed E-state index contributed by atoms with van der Waals surface area (Å²) in [5, 5.41) is 0. The second kappa shape index (κ2) is 6.13. The highest BCUT2D eigenvalue weighted by Gasteiger charge is 2.25. The summed E-state index contributed by atoms with van der Waals surface area (Å²) < 4.78 is 0. The lowest BCUT2D eigenvalue weighted by Gasteiger charge is -2.31. The van der Waals surface area contributed by atoms with Crippen LogP contribution in [0, 0.1) is 5.92 Å². The fourth-order valence-electron chi connectivity index (χ4n) is 1.92. The lowest BCUT2D eigenvalue weighted by Crippen LogP contribution is -2.40. The van der Waals surface area contributed by atoms with E-state index in [-0.39, 0.29) is 11.8 Å². The van der Waals surface area contributed by atoms with E-state index in [0.29, 0.717) is 0 Å². The molecule has 1 saturated heterocycles. The minimum atomic E-state index is 0.219. The highest BCUT2D eigenvalue weighted by atomic mass is 35.5. The van der Waals surface area contributed by atoms with Gasteiger partial charge in [-0.2, -0.15) is 0 Å². The Bertz CT molecular complexity index is 233. The Morgan fingerprint density at radius 3 is 2.53 bits per heavy atom. The molecular formula is C11H19ClN2O. The van der Waals surface area contributed by atoms with E-state index in [4.69, 9.17) is 11.6 Å². The predicted molar refractivity (Wildman–Crippen MR) is 62.9 cm³/mol. The quantitative estimate of drug-likeness (QED) is 0.735. The van der Waals surface area contributed by atoms with E-state index >= 15 is 0 Å². The van der Waals surface area contributed by atoms with Gasteiger partial charge in [-0.15, -0.1) is 0 Å². The SMILES string of the molecule is CN(C)C(=O)C1CCN(C/C=C/Cl)CC1. The van der Waals surface area contributed by atoms with Crippen LogP contribution >= 0.6 is 11.6 Å². The van der Waals surface area contributed by atoms with Gasteiger partial charge in [0.05, 0.1) is 0 Å². The predicted octanol–water partition coefficient (Wildman–Crippen LogP) is 1.54. The minimum Gasteiger partial charge on any atom is -0.349 e. The molecule has 0 aromatic heterocycles. The highest BCUT2D eigenvalue weighted by Crippen LogP contribution is 2.18. The van der Waals surface area contributed by atoms with Crippen LogP contribution in [0.15, 0.2) is 11.6 Å². The Labute approximate surface area is 96.7 Å². The molecule has 0 aromatic carbocycles. The molecule has 4 heteroatoms. The van der Waals surface area contributed by atoms with E-state index in [0.717, 1.165) is 32.5 Å². The summed E-state index contributed by atoms with van der Waals surface area (Å²) in [6.45, 7) is 2.88. The molecule has 0 atom stereocenters. The molecule has 0 bridgehead atoms. The molecule has 86 valence electrons. The average Bonchev–Trinajstić information content (AvgIpc) is 2.26. The third-order valence-corrected chi connectivity index (χ3v) is 3.01. The first kappa shape index (κ1) is 12.5. The highest BCUT2D eigenvalue weighted by molar-refractivity contribution is 6.25. The number of carbonyl (C=O) groups is 1. The lowest BCUT2D eigenvalue weighted by atomic mass is 9.95. The van der Waals surface area contributed by atoms with E-state index in [9.17, 15) is 4.79 Å². The van der Waals surface area contributed by atoms with Crippen molar-refractivity contribution < 1.29 is 4.79 Å². The zero-order chi connectivity index (χ0) is 11.3. The van der Waals surface area contributed by atoms with Crippen LogP contribution in [0.5, 0.6) is 0 Å². The molecule has 0 aliphatic carbocycles. The smallest absolute Gasteiger partial charge is 0.225 e. The first-order chi connectivity index (χ1) is 7.15. The third-order valence-electron chi connectivity index (χ3n) is 2.83. The van der Waals surface area contributed by atoms with Crippen LogP contribution in [-0.2, 0) is 4.79 Å². The molecule has 0 radical (unpaired) electrons. The molecule has 0 N–H and O–H groups in total. The monoisotopic (exact) mass is 230 g/mol. The van der Waals surface area contributed by atoms with Crippen molar-refractivity contribution in [3.05, 3.63) is 11.6 Å². The zero-order valence-electron chi connectivity index (χ0n) is 9.45. The minimum absolute atomic E-state index is 0.219. The van der Waals surface area contributed by atoms with Crippen molar-refractivity contribution >= 4 is 17.5 Å². The summed E-state index contributed by atoms with van der Waals surface area (Å²) in [5.74, 6) is 0.485. The second-order valence-electron chi connectivity index (χ2n) is 4.17. The molecule has 1 aliphatic rings. The summed E-state index contributed by atoms with van der Waals surface area (Å²) in [5.41, 5.74) is 1.55. The molecule has 0 aromatic rings. The number of likely N-dealkylation sites (tertiary alicyclic amines) is 1. The van der Waals surface area contributed by atoms with E-state index in [1.54, 1.807) is 10.4 Å². The topological polar surface area (TPSA) is 23.6 Å². The summed E-state index contributed by atoms with van der Waals surface area (Å²) in [6, 6.07) is 0. The lowest BCUT2D eigenvalue weighted by molar-refractivity contribution is -0.134. The maximum atomic E-state index is 11.7. The Morgan fingerprint density at radius 1 is 1.47 bits per heavy atom. The van der Waals surface area contributed by atoms with Gasteiger partial charge in [-0.25, -0.2) is 0 Å². The molecular weight excluding hydrogens is 212 g/mol. The number of piperidine rings is 1. The number of carbonyl (C=O) groups excluding carboxylic acids is 1. The molecule has 1 rings (SSSR count). The number of hydrogen-bond acceptors (Lipinski definition) is 2. The van der Waals surface area contributed by atoms with E-state index in [1.807, 2.05) is 20.2 Å². The number of rotatable bonds is 3. The van der Waals surface area contributed by atoms with Crippen molar-refractivity contribution in [3.63, 3.8) is 0 Å². The van der Waals surface area contributed by atoms with Crippen LogP contribution in [-0.4, -0.2) is 49.4 Å². The fourth-order valence-corrected chi connectivity index (χ4v) is 2.00. The first-order valence-corrected chi connectivity index (χ1v) is 5.77. The molecule has 1 aliphatic heterocycles. The zero-order valence-corrected chi connectivity index (χ0v) is 10.2. The maximum absolute atomic E-state index is 11.7. The molecule has 3 nitrogen and oxygen atoms in total. The summed E-state index contributed by atoms with van der Waals surface area (Å²) in [4.78, 5) is 15.7. The Hall–Kier alpha value is -0.540. The first-order valence-electron chi connectivity index (χ1n) is 5.34. The fraction of sp³-hybridized carbons (Fsp3) is 0.727.